The summed E-state index contributed by atoms with van der Waals surface area (Å²) in [6.45, 7) is 0.0562. The maximum absolute atomic E-state index is 8.34. The minimum absolute atomic E-state index is 0.0562. The standard InChI is InChI=1S/C6H8N2O/c9-5-1-2-6-7-3-4-8-6/h1-4,9H,5H2,(H,7,8)/b2-1-. The fourth-order valence-corrected chi connectivity index (χ4v) is 0.533. The van der Waals surface area contributed by atoms with Gasteiger partial charge in [-0.2, -0.15) is 0 Å². The molecular formula is C6H8N2O. The first kappa shape index (κ1) is 6.04. The largest absolute Gasteiger partial charge is 0.392 e. The van der Waals surface area contributed by atoms with Crippen molar-refractivity contribution in [1.29, 1.82) is 0 Å². The van der Waals surface area contributed by atoms with Gasteiger partial charge in [-0.1, -0.05) is 6.08 Å². The van der Waals surface area contributed by atoms with Crippen LogP contribution < -0.4 is 0 Å². The fourth-order valence-electron chi connectivity index (χ4n) is 0.533. The van der Waals surface area contributed by atoms with Crippen LogP contribution in [0.4, 0.5) is 0 Å². The molecule has 3 heteroatoms. The number of aliphatic hydroxyl groups is 1. The lowest BCUT2D eigenvalue weighted by molar-refractivity contribution is 0.343. The molecule has 0 unspecified atom stereocenters. The minimum Gasteiger partial charge on any atom is -0.392 e. The molecule has 48 valence electrons. The lowest BCUT2D eigenvalue weighted by Crippen LogP contribution is -1.75. The maximum Gasteiger partial charge on any atom is 0.129 e. The first-order valence-electron chi connectivity index (χ1n) is 2.70. The summed E-state index contributed by atoms with van der Waals surface area (Å²) in [5.41, 5.74) is 0. The van der Waals surface area contributed by atoms with Gasteiger partial charge in [0.2, 0.25) is 0 Å². The van der Waals surface area contributed by atoms with E-state index >= 15 is 0 Å². The SMILES string of the molecule is OC/C=C\c1ncc[nH]1. The van der Waals surface area contributed by atoms with E-state index in [9.17, 15) is 0 Å². The molecule has 1 heterocycles. The zero-order chi connectivity index (χ0) is 6.53. The smallest absolute Gasteiger partial charge is 0.129 e. The Morgan fingerprint density at radius 3 is 3.22 bits per heavy atom. The van der Waals surface area contributed by atoms with Crippen LogP contribution in [0.5, 0.6) is 0 Å². The molecule has 0 saturated carbocycles. The van der Waals surface area contributed by atoms with E-state index in [1.165, 1.54) is 0 Å². The second-order valence-electron chi connectivity index (χ2n) is 1.56. The number of aromatic nitrogens is 2. The maximum atomic E-state index is 8.34. The van der Waals surface area contributed by atoms with Gasteiger partial charge in [0.05, 0.1) is 6.61 Å². The number of hydrogen-bond donors (Lipinski definition) is 2. The van der Waals surface area contributed by atoms with Crippen LogP contribution in [0.2, 0.25) is 0 Å². The van der Waals surface area contributed by atoms with Crippen molar-refractivity contribution in [3.05, 3.63) is 24.3 Å². The van der Waals surface area contributed by atoms with Gasteiger partial charge in [-0.3, -0.25) is 0 Å². The highest BCUT2D eigenvalue weighted by molar-refractivity contribution is 5.38. The van der Waals surface area contributed by atoms with Crippen molar-refractivity contribution < 1.29 is 5.11 Å². The van der Waals surface area contributed by atoms with Crippen molar-refractivity contribution in [1.82, 2.24) is 9.97 Å². The molecule has 0 radical (unpaired) electrons. The van der Waals surface area contributed by atoms with Crippen molar-refractivity contribution in [3.63, 3.8) is 0 Å². The van der Waals surface area contributed by atoms with Gasteiger partial charge in [0.25, 0.3) is 0 Å². The monoisotopic (exact) mass is 124 g/mol. The second kappa shape index (κ2) is 3.04. The van der Waals surface area contributed by atoms with Gasteiger partial charge in [-0.25, -0.2) is 4.98 Å². The van der Waals surface area contributed by atoms with Crippen LogP contribution in [0.1, 0.15) is 5.82 Å². The van der Waals surface area contributed by atoms with E-state index in [-0.39, 0.29) is 6.61 Å². The first-order chi connectivity index (χ1) is 4.43. The van der Waals surface area contributed by atoms with Crippen molar-refractivity contribution in [2.24, 2.45) is 0 Å². The number of aromatic amines is 1. The Bertz CT molecular complexity index is 179. The molecule has 0 saturated heterocycles. The van der Waals surface area contributed by atoms with Gasteiger partial charge in [-0.15, -0.1) is 0 Å². The Balaban J connectivity index is 2.57. The van der Waals surface area contributed by atoms with Gasteiger partial charge in [0, 0.05) is 12.4 Å². The van der Waals surface area contributed by atoms with Gasteiger partial charge < -0.3 is 10.1 Å². The molecule has 1 aromatic heterocycles. The molecule has 0 bridgehead atoms. The summed E-state index contributed by atoms with van der Waals surface area (Å²) in [5, 5.41) is 8.34. The number of nitrogens with zero attached hydrogens (tertiary/aromatic N) is 1. The molecule has 2 N–H and O–H groups in total. The number of hydrogen-bond acceptors (Lipinski definition) is 2. The van der Waals surface area contributed by atoms with Crippen molar-refractivity contribution in [3.8, 4) is 0 Å². The Labute approximate surface area is 53.1 Å². The summed E-state index contributed by atoms with van der Waals surface area (Å²) in [6.07, 6.45) is 6.74. The lowest BCUT2D eigenvalue weighted by Gasteiger charge is -1.79. The molecule has 1 aromatic rings. The number of imidazole rings is 1. The molecule has 0 aliphatic heterocycles. The average Bonchev–Trinajstić information content (AvgIpc) is 2.34. The van der Waals surface area contributed by atoms with Crippen LogP contribution in [0, 0.1) is 0 Å². The number of H-pyrrole nitrogens is 1. The zero-order valence-electron chi connectivity index (χ0n) is 4.91. The van der Waals surface area contributed by atoms with Crippen LogP contribution in [-0.4, -0.2) is 21.7 Å². The quantitative estimate of drug-likeness (QED) is 0.600. The third-order valence-corrected chi connectivity index (χ3v) is 0.901. The number of rotatable bonds is 2. The van der Waals surface area contributed by atoms with Crippen molar-refractivity contribution >= 4 is 6.08 Å². The topological polar surface area (TPSA) is 48.9 Å². The van der Waals surface area contributed by atoms with Crippen LogP contribution in [0.25, 0.3) is 6.08 Å². The Morgan fingerprint density at radius 1 is 1.78 bits per heavy atom. The fraction of sp³-hybridized carbons (Fsp3) is 0.167. The number of aliphatic hydroxyl groups excluding tert-OH is 1. The molecule has 0 aromatic carbocycles. The van der Waals surface area contributed by atoms with E-state index in [2.05, 4.69) is 9.97 Å². The molecule has 0 amide bonds. The van der Waals surface area contributed by atoms with Crippen LogP contribution >= 0.6 is 0 Å². The molecule has 3 nitrogen and oxygen atoms in total. The van der Waals surface area contributed by atoms with Gasteiger partial charge in [0.15, 0.2) is 0 Å². The molecule has 0 aliphatic carbocycles. The van der Waals surface area contributed by atoms with E-state index in [1.54, 1.807) is 24.5 Å². The Morgan fingerprint density at radius 2 is 2.67 bits per heavy atom. The summed E-state index contributed by atoms with van der Waals surface area (Å²) in [7, 11) is 0. The molecule has 0 fully saturated rings. The predicted molar refractivity (Wildman–Crippen MR) is 34.7 cm³/mol. The Hall–Kier alpha value is -1.09. The first-order valence-corrected chi connectivity index (χ1v) is 2.70. The highest BCUT2D eigenvalue weighted by Gasteiger charge is 1.81. The van der Waals surface area contributed by atoms with Crippen molar-refractivity contribution in [2.45, 2.75) is 0 Å². The molecule has 9 heavy (non-hydrogen) atoms. The molecule has 0 atom stereocenters. The Kier molecular flexibility index (Phi) is 2.04. The molecule has 0 spiro atoms. The summed E-state index contributed by atoms with van der Waals surface area (Å²) in [5.74, 6) is 0.768. The van der Waals surface area contributed by atoms with E-state index in [0.29, 0.717) is 0 Å². The minimum atomic E-state index is 0.0562. The molecular weight excluding hydrogens is 116 g/mol. The lowest BCUT2D eigenvalue weighted by atomic mass is 10.5. The van der Waals surface area contributed by atoms with E-state index in [4.69, 9.17) is 5.11 Å². The summed E-state index contributed by atoms with van der Waals surface area (Å²) in [4.78, 5) is 6.76. The van der Waals surface area contributed by atoms with Crippen LogP contribution in [0.15, 0.2) is 18.5 Å². The zero-order valence-corrected chi connectivity index (χ0v) is 4.91. The van der Waals surface area contributed by atoms with Gasteiger partial charge in [0.1, 0.15) is 5.82 Å². The highest BCUT2D eigenvalue weighted by atomic mass is 16.2. The predicted octanol–water partition coefficient (Wildman–Crippen LogP) is 0.415. The summed E-state index contributed by atoms with van der Waals surface area (Å²) < 4.78 is 0. The van der Waals surface area contributed by atoms with Crippen molar-refractivity contribution in [2.75, 3.05) is 6.61 Å². The van der Waals surface area contributed by atoms with Crippen LogP contribution in [-0.2, 0) is 0 Å². The summed E-state index contributed by atoms with van der Waals surface area (Å²) in [6, 6.07) is 0. The van der Waals surface area contributed by atoms with Gasteiger partial charge >= 0.3 is 0 Å². The van der Waals surface area contributed by atoms with E-state index < -0.39 is 0 Å². The third kappa shape index (κ3) is 1.70. The number of nitrogens with one attached hydrogen (secondary N) is 1. The van der Waals surface area contributed by atoms with E-state index in [0.717, 1.165) is 5.82 Å². The summed E-state index contributed by atoms with van der Waals surface area (Å²) >= 11 is 0. The second-order valence-corrected chi connectivity index (χ2v) is 1.56. The highest BCUT2D eigenvalue weighted by Crippen LogP contribution is 1.89. The van der Waals surface area contributed by atoms with Crippen LogP contribution in [0.3, 0.4) is 0 Å². The third-order valence-electron chi connectivity index (χ3n) is 0.901. The molecule has 1 rings (SSSR count). The van der Waals surface area contributed by atoms with E-state index in [1.807, 2.05) is 0 Å². The average molecular weight is 124 g/mol. The van der Waals surface area contributed by atoms with Gasteiger partial charge in [-0.05, 0) is 6.08 Å². The molecule has 0 aliphatic rings. The normalized spacial score (nSPS) is 10.8.